The van der Waals surface area contributed by atoms with Crippen LogP contribution in [0.4, 0.5) is 0 Å². The molecule has 19 heavy (non-hydrogen) atoms. The lowest BCUT2D eigenvalue weighted by Gasteiger charge is -2.39. The van der Waals surface area contributed by atoms with Crippen LogP contribution in [0, 0.1) is 0 Å². The van der Waals surface area contributed by atoms with Crippen LogP contribution in [0.1, 0.15) is 31.7 Å². The molecule has 0 bridgehead atoms. The number of rotatable bonds is 4. The molecule has 1 fully saturated rings. The van der Waals surface area contributed by atoms with Gasteiger partial charge in [-0.05, 0) is 43.5 Å². The number of ketones is 1. The first-order valence-corrected chi connectivity index (χ1v) is 6.76. The lowest BCUT2D eigenvalue weighted by molar-refractivity contribution is -0.138. The largest absolute Gasteiger partial charge is 0.497 e. The molecule has 0 amide bonds. The molecule has 2 atom stereocenters. The molecule has 1 aliphatic carbocycles. The topological polar surface area (TPSA) is 58.6 Å². The van der Waals surface area contributed by atoms with E-state index in [-0.39, 0.29) is 5.78 Å². The van der Waals surface area contributed by atoms with Gasteiger partial charge in [0.1, 0.15) is 17.4 Å². The smallest absolute Gasteiger partial charge is 0.185 e. The summed E-state index contributed by atoms with van der Waals surface area (Å²) in [5.74, 6) is 0.643. The molecule has 0 aliphatic heterocycles. The molecule has 1 aromatic rings. The Morgan fingerprint density at radius 2 is 2.11 bits per heavy atom. The minimum Gasteiger partial charge on any atom is -0.497 e. The molecule has 0 aromatic heterocycles. The Labute approximate surface area is 113 Å². The maximum absolute atomic E-state index is 12.4. The number of hydrogen-bond donors (Lipinski definition) is 2. The summed E-state index contributed by atoms with van der Waals surface area (Å²) < 4.78 is 5.14. The molecule has 1 aromatic carbocycles. The van der Waals surface area contributed by atoms with Crippen LogP contribution in [0.15, 0.2) is 24.3 Å². The maximum atomic E-state index is 12.4. The van der Waals surface area contributed by atoms with Crippen LogP contribution in [-0.4, -0.2) is 30.6 Å². The fraction of sp³-hybridized carbons (Fsp3) is 0.533. The summed E-state index contributed by atoms with van der Waals surface area (Å²) in [6, 6.07) is 7.50. The third-order valence-electron chi connectivity index (χ3n) is 3.81. The zero-order valence-electron chi connectivity index (χ0n) is 11.5. The zero-order valence-corrected chi connectivity index (χ0v) is 11.5. The Hall–Kier alpha value is -1.39. The van der Waals surface area contributed by atoms with Gasteiger partial charge >= 0.3 is 0 Å². The van der Waals surface area contributed by atoms with Crippen molar-refractivity contribution in [3.05, 3.63) is 29.8 Å². The molecule has 2 N–H and O–H groups in total. The minimum atomic E-state index is -0.866. The molecule has 4 nitrogen and oxygen atoms in total. The first-order valence-electron chi connectivity index (χ1n) is 6.76. The third kappa shape index (κ3) is 2.51. The predicted octanol–water partition coefficient (Wildman–Crippen LogP) is 1.61. The van der Waals surface area contributed by atoms with E-state index in [1.165, 1.54) is 0 Å². The third-order valence-corrected chi connectivity index (χ3v) is 3.81. The van der Waals surface area contributed by atoms with Crippen molar-refractivity contribution < 1.29 is 14.6 Å². The lowest BCUT2D eigenvalue weighted by Crippen LogP contribution is -2.55. The van der Waals surface area contributed by atoms with Crippen molar-refractivity contribution in [2.75, 3.05) is 13.7 Å². The van der Waals surface area contributed by atoms with E-state index in [1.54, 1.807) is 7.11 Å². The molecule has 104 valence electrons. The fourth-order valence-electron chi connectivity index (χ4n) is 2.84. The number of likely N-dealkylation sites (N-methyl/N-ethyl adjacent to an activating group) is 1. The lowest BCUT2D eigenvalue weighted by atomic mass is 9.74. The van der Waals surface area contributed by atoms with Gasteiger partial charge < -0.3 is 15.2 Å². The number of benzene rings is 1. The van der Waals surface area contributed by atoms with Crippen LogP contribution in [-0.2, 0) is 10.3 Å². The predicted molar refractivity (Wildman–Crippen MR) is 73.2 cm³/mol. The number of nitrogens with one attached hydrogen (secondary N) is 1. The van der Waals surface area contributed by atoms with E-state index in [0.717, 1.165) is 24.2 Å². The summed E-state index contributed by atoms with van der Waals surface area (Å²) in [4.78, 5) is 12.4. The number of methoxy groups -OCH3 is 1. The van der Waals surface area contributed by atoms with Crippen LogP contribution in [0.3, 0.4) is 0 Å². The Balaban J connectivity index is 2.39. The van der Waals surface area contributed by atoms with Gasteiger partial charge in [0.05, 0.1) is 7.11 Å². The molecule has 0 heterocycles. The van der Waals surface area contributed by atoms with Crippen molar-refractivity contribution in [1.82, 2.24) is 5.32 Å². The summed E-state index contributed by atoms with van der Waals surface area (Å²) in [6.45, 7) is 2.66. The second-order valence-electron chi connectivity index (χ2n) is 4.94. The van der Waals surface area contributed by atoms with Gasteiger partial charge in [0.2, 0.25) is 0 Å². The van der Waals surface area contributed by atoms with E-state index in [0.29, 0.717) is 13.0 Å². The first-order chi connectivity index (χ1) is 9.14. The summed E-state index contributed by atoms with van der Waals surface area (Å²) in [5.41, 5.74) is 0.150. The number of Topliss-reactive ketones (excluding diaryl/α,β-unsaturated/α-hetero) is 1. The average Bonchev–Trinajstić information content (AvgIpc) is 2.44. The quantitative estimate of drug-likeness (QED) is 0.866. The van der Waals surface area contributed by atoms with Gasteiger partial charge in [-0.1, -0.05) is 19.1 Å². The molecule has 0 radical (unpaired) electrons. The standard InChI is InChI=1S/C15H21NO3/c1-3-16-15(10-4-5-13(17)14(15)18)11-6-8-12(19-2)9-7-11/h6-9,13,16-17H,3-5,10H2,1-2H3/t13-,15-/m1/s1. The Morgan fingerprint density at radius 3 is 2.68 bits per heavy atom. The van der Waals surface area contributed by atoms with Gasteiger partial charge in [-0.15, -0.1) is 0 Å². The summed E-state index contributed by atoms with van der Waals surface area (Å²) in [5, 5.41) is 13.2. The number of aliphatic hydroxyl groups is 1. The first kappa shape index (κ1) is 14.0. The molecular weight excluding hydrogens is 242 g/mol. The molecular formula is C15H21NO3. The number of aliphatic hydroxyl groups excluding tert-OH is 1. The van der Waals surface area contributed by atoms with Crippen LogP contribution in [0.25, 0.3) is 0 Å². The second kappa shape index (κ2) is 5.72. The maximum Gasteiger partial charge on any atom is 0.185 e. The van der Waals surface area contributed by atoms with Gasteiger partial charge in [-0.3, -0.25) is 4.79 Å². The van der Waals surface area contributed by atoms with E-state index >= 15 is 0 Å². The summed E-state index contributed by atoms with van der Waals surface area (Å²) in [6.07, 6.45) is 1.26. The van der Waals surface area contributed by atoms with Crippen LogP contribution >= 0.6 is 0 Å². The number of ether oxygens (including phenoxy) is 1. The minimum absolute atomic E-state index is 0.120. The van der Waals surface area contributed by atoms with Gasteiger partial charge in [0, 0.05) is 0 Å². The van der Waals surface area contributed by atoms with E-state index in [1.807, 2.05) is 31.2 Å². The number of carbonyl (C=O) groups is 1. The van der Waals surface area contributed by atoms with Gasteiger partial charge in [-0.25, -0.2) is 0 Å². The molecule has 1 saturated carbocycles. The summed E-state index contributed by atoms with van der Waals surface area (Å²) >= 11 is 0. The van der Waals surface area contributed by atoms with Crippen molar-refractivity contribution in [2.24, 2.45) is 0 Å². The van der Waals surface area contributed by atoms with Gasteiger partial charge in [-0.2, -0.15) is 0 Å². The summed E-state index contributed by atoms with van der Waals surface area (Å²) in [7, 11) is 1.62. The molecule has 4 heteroatoms. The SMILES string of the molecule is CCN[C@@]1(c2ccc(OC)cc2)CCC[C@@H](O)C1=O. The van der Waals surface area contributed by atoms with Crippen molar-refractivity contribution in [2.45, 2.75) is 37.8 Å². The van der Waals surface area contributed by atoms with Crippen molar-refractivity contribution in [3.8, 4) is 5.75 Å². The van der Waals surface area contributed by atoms with E-state index < -0.39 is 11.6 Å². The average molecular weight is 263 g/mol. The number of hydrogen-bond acceptors (Lipinski definition) is 4. The highest BCUT2D eigenvalue weighted by Crippen LogP contribution is 2.35. The molecule has 2 rings (SSSR count). The molecule has 1 aliphatic rings. The molecule has 0 spiro atoms. The second-order valence-corrected chi connectivity index (χ2v) is 4.94. The van der Waals surface area contributed by atoms with Crippen LogP contribution in [0.5, 0.6) is 5.75 Å². The Bertz CT molecular complexity index is 439. The highest BCUT2D eigenvalue weighted by molar-refractivity contribution is 5.93. The number of carbonyl (C=O) groups excluding carboxylic acids is 1. The molecule has 0 unspecified atom stereocenters. The normalized spacial score (nSPS) is 27.3. The van der Waals surface area contributed by atoms with Crippen molar-refractivity contribution in [3.63, 3.8) is 0 Å². The van der Waals surface area contributed by atoms with E-state index in [9.17, 15) is 9.90 Å². The fourth-order valence-corrected chi connectivity index (χ4v) is 2.84. The van der Waals surface area contributed by atoms with Gasteiger partial charge in [0.25, 0.3) is 0 Å². The van der Waals surface area contributed by atoms with E-state index in [2.05, 4.69) is 5.32 Å². The molecule has 0 saturated heterocycles. The Kier molecular flexibility index (Phi) is 4.22. The van der Waals surface area contributed by atoms with E-state index in [4.69, 9.17) is 4.74 Å². The van der Waals surface area contributed by atoms with Crippen LogP contribution < -0.4 is 10.1 Å². The van der Waals surface area contributed by atoms with Crippen molar-refractivity contribution >= 4 is 5.78 Å². The highest BCUT2D eigenvalue weighted by atomic mass is 16.5. The van der Waals surface area contributed by atoms with Gasteiger partial charge in [0.15, 0.2) is 5.78 Å². The monoisotopic (exact) mass is 263 g/mol. The van der Waals surface area contributed by atoms with Crippen molar-refractivity contribution in [1.29, 1.82) is 0 Å². The van der Waals surface area contributed by atoms with Crippen LogP contribution in [0.2, 0.25) is 0 Å². The zero-order chi connectivity index (χ0) is 13.9. The Morgan fingerprint density at radius 1 is 1.42 bits per heavy atom. The highest BCUT2D eigenvalue weighted by Gasteiger charge is 2.44.